The first-order chi connectivity index (χ1) is 9.72. The summed E-state index contributed by atoms with van der Waals surface area (Å²) < 4.78 is 1.87. The molecule has 0 aliphatic carbocycles. The van der Waals surface area contributed by atoms with Crippen molar-refractivity contribution < 1.29 is 4.79 Å². The first kappa shape index (κ1) is 13.4. The second-order valence-corrected chi connectivity index (χ2v) is 5.75. The lowest BCUT2D eigenvalue weighted by molar-refractivity contribution is -0.130. The second kappa shape index (κ2) is 5.83. The number of carbonyl (C=O) groups excluding carboxylic acids is 1. The Morgan fingerprint density at radius 3 is 2.65 bits per heavy atom. The highest BCUT2D eigenvalue weighted by atomic mass is 35.5. The Morgan fingerprint density at radius 2 is 1.90 bits per heavy atom. The minimum atomic E-state index is 0.182. The van der Waals surface area contributed by atoms with Gasteiger partial charge in [-0.1, -0.05) is 24.4 Å². The van der Waals surface area contributed by atoms with Crippen molar-refractivity contribution in [1.82, 2.24) is 14.3 Å². The maximum Gasteiger partial charge on any atom is 0.228 e. The highest BCUT2D eigenvalue weighted by Gasteiger charge is 2.17. The number of halogens is 1. The molecule has 1 fully saturated rings. The van der Waals surface area contributed by atoms with Crippen molar-refractivity contribution in [3.8, 4) is 0 Å². The molecule has 0 atom stereocenters. The van der Waals surface area contributed by atoms with E-state index in [1.54, 1.807) is 0 Å². The number of imidazole rings is 1. The lowest BCUT2D eigenvalue weighted by Gasteiger charge is -2.19. The third kappa shape index (κ3) is 2.96. The Labute approximate surface area is 123 Å². The molecule has 0 radical (unpaired) electrons. The molecule has 5 heteroatoms. The van der Waals surface area contributed by atoms with Crippen molar-refractivity contribution in [3.05, 3.63) is 35.2 Å². The van der Waals surface area contributed by atoms with Gasteiger partial charge in [-0.25, -0.2) is 4.98 Å². The van der Waals surface area contributed by atoms with Gasteiger partial charge in [0, 0.05) is 25.5 Å². The first-order valence-corrected chi connectivity index (χ1v) is 7.51. The Kier molecular flexibility index (Phi) is 3.92. The van der Waals surface area contributed by atoms with Gasteiger partial charge in [-0.3, -0.25) is 4.79 Å². The molecule has 0 saturated carbocycles. The van der Waals surface area contributed by atoms with Gasteiger partial charge in [-0.05, 0) is 25.0 Å². The molecule has 20 heavy (non-hydrogen) atoms. The molecule has 0 aromatic carbocycles. The number of hydrogen-bond acceptors (Lipinski definition) is 2. The molecular weight excluding hydrogens is 274 g/mol. The van der Waals surface area contributed by atoms with E-state index in [2.05, 4.69) is 4.98 Å². The predicted molar refractivity (Wildman–Crippen MR) is 79.0 cm³/mol. The summed E-state index contributed by atoms with van der Waals surface area (Å²) in [6, 6.07) is 3.67. The molecule has 1 amide bonds. The normalized spacial score (nSPS) is 16.4. The number of fused-ring (bicyclic) bond motifs is 1. The Hall–Kier alpha value is -1.55. The minimum absolute atomic E-state index is 0.182. The maximum absolute atomic E-state index is 12.3. The van der Waals surface area contributed by atoms with E-state index in [0.29, 0.717) is 11.4 Å². The first-order valence-electron chi connectivity index (χ1n) is 7.13. The fraction of sp³-hybridized carbons (Fsp3) is 0.467. The van der Waals surface area contributed by atoms with Crippen LogP contribution in [0.5, 0.6) is 0 Å². The van der Waals surface area contributed by atoms with E-state index >= 15 is 0 Å². The van der Waals surface area contributed by atoms with Crippen LogP contribution in [-0.2, 0) is 11.2 Å². The van der Waals surface area contributed by atoms with E-state index in [1.807, 2.05) is 33.8 Å². The molecule has 1 aliphatic heterocycles. The van der Waals surface area contributed by atoms with Crippen LogP contribution in [-0.4, -0.2) is 33.3 Å². The highest BCUT2D eigenvalue weighted by Crippen LogP contribution is 2.14. The zero-order valence-corrected chi connectivity index (χ0v) is 12.1. The topological polar surface area (TPSA) is 37.6 Å². The Morgan fingerprint density at radius 1 is 1.15 bits per heavy atom. The highest BCUT2D eigenvalue weighted by molar-refractivity contribution is 6.30. The zero-order chi connectivity index (χ0) is 13.9. The van der Waals surface area contributed by atoms with E-state index in [1.165, 1.54) is 12.8 Å². The van der Waals surface area contributed by atoms with Crippen LogP contribution in [0.1, 0.15) is 31.4 Å². The van der Waals surface area contributed by atoms with Crippen LogP contribution in [0.25, 0.3) is 5.65 Å². The summed E-state index contributed by atoms with van der Waals surface area (Å²) in [4.78, 5) is 18.8. The minimum Gasteiger partial charge on any atom is -0.342 e. The van der Waals surface area contributed by atoms with Gasteiger partial charge in [-0.2, -0.15) is 0 Å². The van der Waals surface area contributed by atoms with Crippen LogP contribution in [0.3, 0.4) is 0 Å². The number of nitrogens with zero attached hydrogens (tertiary/aromatic N) is 3. The predicted octanol–water partition coefficient (Wildman–Crippen LogP) is 2.93. The monoisotopic (exact) mass is 291 g/mol. The van der Waals surface area contributed by atoms with Crippen molar-refractivity contribution in [2.75, 3.05) is 13.1 Å². The van der Waals surface area contributed by atoms with Gasteiger partial charge in [0.1, 0.15) is 5.65 Å². The average Bonchev–Trinajstić information content (AvgIpc) is 2.64. The Balaban J connectivity index is 1.73. The van der Waals surface area contributed by atoms with Gasteiger partial charge >= 0.3 is 0 Å². The van der Waals surface area contributed by atoms with Crippen LogP contribution in [0.2, 0.25) is 5.02 Å². The quantitative estimate of drug-likeness (QED) is 0.853. The standard InChI is InChI=1S/C15H18ClN3O/c16-12-5-6-14-17-13(11-19(14)10-12)9-15(20)18-7-3-1-2-4-8-18/h5-6,10-11H,1-4,7-9H2. The molecule has 3 rings (SSSR count). The van der Waals surface area contributed by atoms with Crippen LogP contribution in [0.4, 0.5) is 0 Å². The van der Waals surface area contributed by atoms with Crippen LogP contribution < -0.4 is 0 Å². The number of hydrogen-bond donors (Lipinski definition) is 0. The fourth-order valence-electron chi connectivity index (χ4n) is 2.69. The Bertz CT molecular complexity index is 615. The molecule has 2 aromatic heterocycles. The van der Waals surface area contributed by atoms with E-state index in [4.69, 9.17) is 11.6 Å². The summed E-state index contributed by atoms with van der Waals surface area (Å²) >= 11 is 5.95. The van der Waals surface area contributed by atoms with Gasteiger partial charge in [0.05, 0.1) is 17.1 Å². The smallest absolute Gasteiger partial charge is 0.228 e. The molecule has 0 unspecified atom stereocenters. The maximum atomic E-state index is 12.3. The third-order valence-electron chi connectivity index (χ3n) is 3.76. The zero-order valence-electron chi connectivity index (χ0n) is 11.4. The van der Waals surface area contributed by atoms with Gasteiger partial charge in [0.15, 0.2) is 0 Å². The van der Waals surface area contributed by atoms with Gasteiger partial charge in [0.25, 0.3) is 0 Å². The SMILES string of the molecule is O=C(Cc1cn2cc(Cl)ccc2n1)N1CCCCCC1. The van der Waals surface area contributed by atoms with E-state index in [0.717, 1.165) is 37.3 Å². The number of amides is 1. The summed E-state index contributed by atoms with van der Waals surface area (Å²) in [5, 5.41) is 0.667. The van der Waals surface area contributed by atoms with Crippen molar-refractivity contribution in [1.29, 1.82) is 0 Å². The summed E-state index contributed by atoms with van der Waals surface area (Å²) in [5.41, 5.74) is 1.63. The van der Waals surface area contributed by atoms with E-state index < -0.39 is 0 Å². The largest absolute Gasteiger partial charge is 0.342 e. The van der Waals surface area contributed by atoms with Crippen molar-refractivity contribution >= 4 is 23.2 Å². The van der Waals surface area contributed by atoms with E-state index in [9.17, 15) is 4.79 Å². The molecule has 0 spiro atoms. The number of likely N-dealkylation sites (tertiary alicyclic amines) is 1. The molecule has 0 N–H and O–H groups in total. The van der Waals surface area contributed by atoms with E-state index in [-0.39, 0.29) is 5.91 Å². The molecular formula is C15H18ClN3O. The molecule has 4 nitrogen and oxygen atoms in total. The molecule has 0 bridgehead atoms. The van der Waals surface area contributed by atoms with Crippen LogP contribution >= 0.6 is 11.6 Å². The molecule has 2 aromatic rings. The lowest BCUT2D eigenvalue weighted by atomic mass is 10.2. The molecule has 1 saturated heterocycles. The second-order valence-electron chi connectivity index (χ2n) is 5.32. The molecule has 1 aliphatic rings. The average molecular weight is 292 g/mol. The fourth-order valence-corrected chi connectivity index (χ4v) is 2.86. The van der Waals surface area contributed by atoms with Crippen molar-refractivity contribution in [3.63, 3.8) is 0 Å². The number of carbonyl (C=O) groups is 1. The van der Waals surface area contributed by atoms with Crippen molar-refractivity contribution in [2.24, 2.45) is 0 Å². The van der Waals surface area contributed by atoms with Crippen LogP contribution in [0, 0.1) is 0 Å². The number of aromatic nitrogens is 2. The van der Waals surface area contributed by atoms with Crippen molar-refractivity contribution in [2.45, 2.75) is 32.1 Å². The van der Waals surface area contributed by atoms with Gasteiger partial charge in [-0.15, -0.1) is 0 Å². The molecule has 3 heterocycles. The number of pyridine rings is 1. The lowest BCUT2D eigenvalue weighted by Crippen LogP contribution is -2.33. The number of rotatable bonds is 2. The summed E-state index contributed by atoms with van der Waals surface area (Å²) in [5.74, 6) is 0.182. The summed E-state index contributed by atoms with van der Waals surface area (Å²) in [6.07, 6.45) is 8.77. The van der Waals surface area contributed by atoms with Gasteiger partial charge < -0.3 is 9.30 Å². The summed E-state index contributed by atoms with van der Waals surface area (Å²) in [6.45, 7) is 1.77. The van der Waals surface area contributed by atoms with Gasteiger partial charge in [0.2, 0.25) is 5.91 Å². The van der Waals surface area contributed by atoms with Crippen LogP contribution in [0.15, 0.2) is 24.5 Å². The third-order valence-corrected chi connectivity index (χ3v) is 3.98. The molecule has 106 valence electrons. The summed E-state index contributed by atoms with van der Waals surface area (Å²) in [7, 11) is 0.